The van der Waals surface area contributed by atoms with Gasteiger partial charge in [0.15, 0.2) is 11.5 Å². The zero-order chi connectivity index (χ0) is 19.4. The highest BCUT2D eigenvalue weighted by Gasteiger charge is 2.15. The normalized spacial score (nSPS) is 10.3. The minimum absolute atomic E-state index is 0.195. The number of hydrogen-bond donors (Lipinski definition) is 1. The highest BCUT2D eigenvalue weighted by Crippen LogP contribution is 2.36. The number of nitriles is 1. The van der Waals surface area contributed by atoms with Gasteiger partial charge in [-0.15, -0.1) is 0 Å². The maximum absolute atomic E-state index is 9.59. The van der Waals surface area contributed by atoms with Crippen molar-refractivity contribution >= 4 is 21.7 Å². The monoisotopic (exact) mass is 423 g/mol. The third-order valence-electron chi connectivity index (χ3n) is 4.07. The van der Waals surface area contributed by atoms with Gasteiger partial charge in [-0.2, -0.15) is 5.26 Å². The van der Waals surface area contributed by atoms with Crippen molar-refractivity contribution in [2.24, 2.45) is 0 Å². The zero-order valence-corrected chi connectivity index (χ0v) is 16.6. The number of halogens is 1. The first kappa shape index (κ1) is 18.7. The minimum Gasteiger partial charge on any atom is -0.493 e. The van der Waals surface area contributed by atoms with E-state index in [0.29, 0.717) is 34.9 Å². The molecule has 6 heteroatoms. The van der Waals surface area contributed by atoms with Crippen LogP contribution in [0.5, 0.6) is 11.5 Å². The Balaban J connectivity index is 2.17. The molecule has 0 amide bonds. The Hall–Kier alpha value is -3.04. The molecular formula is C21H18BrN3O2. The average Bonchev–Trinajstić information content (AvgIpc) is 2.68. The SMILES string of the molecule is CCOc1ccc(-c2cc(-c3ccc(Br)cc3)nc(N)c2C#N)cc1OC. The van der Waals surface area contributed by atoms with Crippen LogP contribution >= 0.6 is 15.9 Å². The van der Waals surface area contributed by atoms with Gasteiger partial charge in [0.05, 0.1) is 19.4 Å². The van der Waals surface area contributed by atoms with Crippen molar-refractivity contribution in [3.8, 4) is 40.0 Å². The Morgan fingerprint density at radius 1 is 1.07 bits per heavy atom. The van der Waals surface area contributed by atoms with Gasteiger partial charge in [0.25, 0.3) is 0 Å². The number of rotatable bonds is 5. The van der Waals surface area contributed by atoms with Crippen LogP contribution in [0.25, 0.3) is 22.4 Å². The number of nitrogen functional groups attached to an aromatic ring is 1. The highest BCUT2D eigenvalue weighted by atomic mass is 79.9. The van der Waals surface area contributed by atoms with E-state index in [1.807, 2.05) is 55.5 Å². The Kier molecular flexibility index (Phi) is 5.63. The molecule has 3 aromatic rings. The lowest BCUT2D eigenvalue weighted by atomic mass is 9.98. The molecular weight excluding hydrogens is 406 g/mol. The van der Waals surface area contributed by atoms with Crippen molar-refractivity contribution in [1.29, 1.82) is 5.26 Å². The molecule has 0 aliphatic heterocycles. The van der Waals surface area contributed by atoms with E-state index < -0.39 is 0 Å². The van der Waals surface area contributed by atoms with Crippen LogP contribution in [0.4, 0.5) is 5.82 Å². The van der Waals surface area contributed by atoms with E-state index in [2.05, 4.69) is 27.0 Å². The molecule has 0 radical (unpaired) electrons. The van der Waals surface area contributed by atoms with Crippen molar-refractivity contribution in [2.45, 2.75) is 6.92 Å². The summed E-state index contributed by atoms with van der Waals surface area (Å²) in [6.07, 6.45) is 0. The molecule has 1 aromatic heterocycles. The first-order chi connectivity index (χ1) is 13.1. The zero-order valence-electron chi connectivity index (χ0n) is 15.0. The number of benzene rings is 2. The van der Waals surface area contributed by atoms with Crippen LogP contribution < -0.4 is 15.2 Å². The highest BCUT2D eigenvalue weighted by molar-refractivity contribution is 9.10. The van der Waals surface area contributed by atoms with Gasteiger partial charge < -0.3 is 15.2 Å². The molecule has 0 atom stereocenters. The van der Waals surface area contributed by atoms with E-state index in [4.69, 9.17) is 15.2 Å². The van der Waals surface area contributed by atoms with Crippen LogP contribution in [0.3, 0.4) is 0 Å². The van der Waals surface area contributed by atoms with E-state index >= 15 is 0 Å². The first-order valence-electron chi connectivity index (χ1n) is 8.35. The molecule has 0 fully saturated rings. The van der Waals surface area contributed by atoms with Crippen molar-refractivity contribution in [2.75, 3.05) is 19.5 Å². The molecule has 0 bridgehead atoms. The molecule has 2 aromatic carbocycles. The summed E-state index contributed by atoms with van der Waals surface area (Å²) in [6.45, 7) is 2.45. The molecule has 27 heavy (non-hydrogen) atoms. The van der Waals surface area contributed by atoms with Crippen LogP contribution in [0.15, 0.2) is 53.0 Å². The molecule has 0 aliphatic rings. The number of hydrogen-bond acceptors (Lipinski definition) is 5. The smallest absolute Gasteiger partial charge is 0.161 e. The van der Waals surface area contributed by atoms with E-state index in [9.17, 15) is 5.26 Å². The van der Waals surface area contributed by atoms with E-state index in [1.165, 1.54) is 0 Å². The van der Waals surface area contributed by atoms with Crippen LogP contribution in [-0.2, 0) is 0 Å². The topological polar surface area (TPSA) is 81.2 Å². The molecule has 0 aliphatic carbocycles. The lowest BCUT2D eigenvalue weighted by Crippen LogP contribution is -2.00. The van der Waals surface area contributed by atoms with Gasteiger partial charge >= 0.3 is 0 Å². The number of pyridine rings is 1. The Labute approximate surface area is 166 Å². The summed E-state index contributed by atoms with van der Waals surface area (Å²) in [5.41, 5.74) is 9.53. The molecule has 0 spiro atoms. The summed E-state index contributed by atoms with van der Waals surface area (Å²) < 4.78 is 12.0. The van der Waals surface area contributed by atoms with Gasteiger partial charge in [-0.05, 0) is 42.8 Å². The van der Waals surface area contributed by atoms with E-state index in [1.54, 1.807) is 7.11 Å². The summed E-state index contributed by atoms with van der Waals surface area (Å²) >= 11 is 3.43. The maximum atomic E-state index is 9.59. The molecule has 2 N–H and O–H groups in total. The van der Waals surface area contributed by atoms with Crippen LogP contribution in [0, 0.1) is 11.3 Å². The molecule has 0 saturated carbocycles. The fourth-order valence-electron chi connectivity index (χ4n) is 2.79. The summed E-state index contributed by atoms with van der Waals surface area (Å²) in [6, 6.07) is 17.3. The van der Waals surface area contributed by atoms with Crippen LogP contribution in [-0.4, -0.2) is 18.7 Å². The van der Waals surface area contributed by atoms with Crippen molar-refractivity contribution in [3.63, 3.8) is 0 Å². The quantitative estimate of drug-likeness (QED) is 0.621. The number of aromatic nitrogens is 1. The number of ether oxygens (including phenoxy) is 2. The maximum Gasteiger partial charge on any atom is 0.161 e. The van der Waals surface area contributed by atoms with Crippen molar-refractivity contribution in [3.05, 3.63) is 58.6 Å². The predicted octanol–water partition coefficient (Wildman–Crippen LogP) is 5.04. The summed E-state index contributed by atoms with van der Waals surface area (Å²) in [7, 11) is 1.58. The average molecular weight is 424 g/mol. The largest absolute Gasteiger partial charge is 0.493 e. The Morgan fingerprint density at radius 2 is 1.78 bits per heavy atom. The lowest BCUT2D eigenvalue weighted by molar-refractivity contribution is 0.311. The number of nitrogens with two attached hydrogens (primary N) is 1. The molecule has 0 unspecified atom stereocenters. The fourth-order valence-corrected chi connectivity index (χ4v) is 3.05. The molecule has 5 nitrogen and oxygen atoms in total. The second kappa shape index (κ2) is 8.11. The standard InChI is InChI=1S/C21H18BrN3O2/c1-3-27-19-9-6-14(10-20(19)26-2)16-11-18(25-21(24)17(16)12-23)13-4-7-15(22)8-5-13/h4-11H,3H2,1-2H3,(H2,24,25). The Bertz CT molecular complexity index is 1010. The molecule has 0 saturated heterocycles. The van der Waals surface area contributed by atoms with Gasteiger partial charge in [0.1, 0.15) is 17.5 Å². The molecule has 136 valence electrons. The van der Waals surface area contributed by atoms with Gasteiger partial charge in [-0.1, -0.05) is 34.1 Å². The molecule has 3 rings (SSSR count). The van der Waals surface area contributed by atoms with Gasteiger partial charge in [-0.3, -0.25) is 0 Å². The summed E-state index contributed by atoms with van der Waals surface area (Å²) in [4.78, 5) is 4.40. The fraction of sp³-hybridized carbons (Fsp3) is 0.143. The lowest BCUT2D eigenvalue weighted by Gasteiger charge is -2.13. The second-order valence-electron chi connectivity index (χ2n) is 5.73. The van der Waals surface area contributed by atoms with Crippen LogP contribution in [0.2, 0.25) is 0 Å². The first-order valence-corrected chi connectivity index (χ1v) is 9.14. The summed E-state index contributed by atoms with van der Waals surface area (Å²) in [5.74, 6) is 1.44. The second-order valence-corrected chi connectivity index (χ2v) is 6.65. The Morgan fingerprint density at radius 3 is 2.41 bits per heavy atom. The van der Waals surface area contributed by atoms with Crippen molar-refractivity contribution < 1.29 is 9.47 Å². The van der Waals surface area contributed by atoms with Gasteiger partial charge in [-0.25, -0.2) is 4.98 Å². The van der Waals surface area contributed by atoms with E-state index in [0.717, 1.165) is 15.6 Å². The summed E-state index contributed by atoms with van der Waals surface area (Å²) in [5, 5.41) is 9.59. The minimum atomic E-state index is 0.195. The van der Waals surface area contributed by atoms with Gasteiger partial charge in [0, 0.05) is 15.6 Å². The van der Waals surface area contributed by atoms with E-state index in [-0.39, 0.29) is 5.82 Å². The molecule has 1 heterocycles. The predicted molar refractivity (Wildman–Crippen MR) is 110 cm³/mol. The van der Waals surface area contributed by atoms with Gasteiger partial charge in [0.2, 0.25) is 0 Å². The number of methoxy groups -OCH3 is 1. The van der Waals surface area contributed by atoms with Crippen molar-refractivity contribution in [1.82, 2.24) is 4.98 Å². The number of nitrogens with zero attached hydrogens (tertiary/aromatic N) is 2. The number of anilines is 1. The van der Waals surface area contributed by atoms with Crippen LogP contribution in [0.1, 0.15) is 12.5 Å². The third-order valence-corrected chi connectivity index (χ3v) is 4.60. The third kappa shape index (κ3) is 3.88.